The molecular formula is C16H27N. The molecule has 0 aliphatic carbocycles. The fraction of sp³-hybridized carbons (Fsp3) is 0.625. The summed E-state index contributed by atoms with van der Waals surface area (Å²) in [6.07, 6.45) is 6.06. The van der Waals surface area contributed by atoms with Crippen LogP contribution in [0.5, 0.6) is 0 Å². The zero-order chi connectivity index (χ0) is 12.7. The minimum Gasteiger partial charge on any atom is -0.324 e. The van der Waals surface area contributed by atoms with Crippen molar-refractivity contribution in [2.45, 2.75) is 58.9 Å². The fourth-order valence-corrected chi connectivity index (χ4v) is 2.15. The molecule has 1 rings (SSSR count). The molecule has 0 heterocycles. The van der Waals surface area contributed by atoms with Crippen LogP contribution in [0.3, 0.4) is 0 Å². The Bertz CT molecular complexity index is 300. The summed E-state index contributed by atoms with van der Waals surface area (Å²) in [5, 5.41) is 0. The van der Waals surface area contributed by atoms with Crippen LogP contribution in [0, 0.1) is 5.92 Å². The van der Waals surface area contributed by atoms with Crippen LogP contribution in [0.4, 0.5) is 0 Å². The summed E-state index contributed by atoms with van der Waals surface area (Å²) in [4.78, 5) is 0. The molecule has 1 nitrogen and oxygen atoms in total. The van der Waals surface area contributed by atoms with Gasteiger partial charge >= 0.3 is 0 Å². The van der Waals surface area contributed by atoms with Crippen LogP contribution in [-0.2, 0) is 6.42 Å². The number of rotatable bonds is 7. The van der Waals surface area contributed by atoms with Crippen molar-refractivity contribution in [1.82, 2.24) is 0 Å². The number of nitrogens with two attached hydrogens (primary N) is 1. The highest BCUT2D eigenvalue weighted by Gasteiger charge is 2.05. The standard InChI is InChI=1S/C16H27N/c1-4-5-6-7-16(17)15-10-8-14(9-11-15)12-13(2)3/h8-11,13,16H,4-7,12,17H2,1-3H3. The molecule has 1 atom stereocenters. The quantitative estimate of drug-likeness (QED) is 0.691. The fourth-order valence-electron chi connectivity index (χ4n) is 2.15. The highest BCUT2D eigenvalue weighted by atomic mass is 14.6. The molecule has 0 spiro atoms. The minimum absolute atomic E-state index is 0.217. The smallest absolute Gasteiger partial charge is 0.0294 e. The Kier molecular flexibility index (Phi) is 6.28. The van der Waals surface area contributed by atoms with Crippen molar-refractivity contribution in [2.24, 2.45) is 11.7 Å². The van der Waals surface area contributed by atoms with E-state index in [-0.39, 0.29) is 6.04 Å². The van der Waals surface area contributed by atoms with Crippen molar-refractivity contribution in [1.29, 1.82) is 0 Å². The van der Waals surface area contributed by atoms with E-state index < -0.39 is 0 Å². The predicted octanol–water partition coefficient (Wildman–Crippen LogP) is 4.47. The molecule has 0 aliphatic heterocycles. The zero-order valence-electron chi connectivity index (χ0n) is 11.6. The Balaban J connectivity index is 2.48. The molecule has 0 saturated heterocycles. The van der Waals surface area contributed by atoms with Gasteiger partial charge in [-0.15, -0.1) is 0 Å². The molecule has 0 aliphatic rings. The van der Waals surface area contributed by atoms with E-state index in [0.717, 1.165) is 18.8 Å². The molecule has 1 aromatic rings. The van der Waals surface area contributed by atoms with Crippen molar-refractivity contribution >= 4 is 0 Å². The maximum atomic E-state index is 6.19. The van der Waals surface area contributed by atoms with Crippen LogP contribution < -0.4 is 5.73 Å². The van der Waals surface area contributed by atoms with Crippen molar-refractivity contribution in [2.75, 3.05) is 0 Å². The van der Waals surface area contributed by atoms with Crippen molar-refractivity contribution < 1.29 is 0 Å². The molecule has 0 radical (unpaired) electrons. The van der Waals surface area contributed by atoms with Crippen molar-refractivity contribution in [3.63, 3.8) is 0 Å². The van der Waals surface area contributed by atoms with Gasteiger partial charge in [-0.3, -0.25) is 0 Å². The first-order valence-corrected chi connectivity index (χ1v) is 6.98. The summed E-state index contributed by atoms with van der Waals surface area (Å²) in [6.45, 7) is 6.74. The van der Waals surface area contributed by atoms with Gasteiger partial charge in [0.1, 0.15) is 0 Å². The van der Waals surface area contributed by atoms with E-state index in [4.69, 9.17) is 5.73 Å². The lowest BCUT2D eigenvalue weighted by molar-refractivity contribution is 0.580. The molecule has 2 N–H and O–H groups in total. The maximum absolute atomic E-state index is 6.19. The van der Waals surface area contributed by atoms with Crippen LogP contribution in [0.1, 0.15) is 63.6 Å². The SMILES string of the molecule is CCCCCC(N)c1ccc(CC(C)C)cc1. The highest BCUT2D eigenvalue weighted by Crippen LogP contribution is 2.18. The Labute approximate surface area is 106 Å². The van der Waals surface area contributed by atoms with E-state index in [0.29, 0.717) is 0 Å². The lowest BCUT2D eigenvalue weighted by atomic mass is 9.97. The number of hydrogen-bond acceptors (Lipinski definition) is 1. The third-order valence-electron chi connectivity index (χ3n) is 3.17. The Morgan fingerprint density at radius 3 is 2.24 bits per heavy atom. The topological polar surface area (TPSA) is 26.0 Å². The first-order chi connectivity index (χ1) is 8.13. The number of unbranched alkanes of at least 4 members (excludes halogenated alkanes) is 2. The van der Waals surface area contributed by atoms with E-state index in [1.165, 1.54) is 30.4 Å². The van der Waals surface area contributed by atoms with Gasteiger partial charge < -0.3 is 5.73 Å². The highest BCUT2D eigenvalue weighted by molar-refractivity contribution is 5.25. The van der Waals surface area contributed by atoms with Gasteiger partial charge in [0.25, 0.3) is 0 Å². The molecule has 0 aromatic heterocycles. The van der Waals surface area contributed by atoms with Gasteiger partial charge in [-0.1, -0.05) is 64.3 Å². The Morgan fingerprint density at radius 2 is 1.71 bits per heavy atom. The average molecular weight is 233 g/mol. The summed E-state index contributed by atoms with van der Waals surface area (Å²) < 4.78 is 0. The molecule has 1 aromatic carbocycles. The Morgan fingerprint density at radius 1 is 1.06 bits per heavy atom. The largest absolute Gasteiger partial charge is 0.324 e. The Hall–Kier alpha value is -0.820. The van der Waals surface area contributed by atoms with Crippen LogP contribution >= 0.6 is 0 Å². The van der Waals surface area contributed by atoms with Crippen molar-refractivity contribution in [3.05, 3.63) is 35.4 Å². The van der Waals surface area contributed by atoms with Gasteiger partial charge in [0, 0.05) is 6.04 Å². The monoisotopic (exact) mass is 233 g/mol. The van der Waals surface area contributed by atoms with Crippen molar-refractivity contribution in [3.8, 4) is 0 Å². The zero-order valence-corrected chi connectivity index (χ0v) is 11.6. The van der Waals surface area contributed by atoms with E-state index in [1.807, 2.05) is 0 Å². The number of benzene rings is 1. The molecule has 1 unspecified atom stereocenters. The molecule has 17 heavy (non-hydrogen) atoms. The third-order valence-corrected chi connectivity index (χ3v) is 3.17. The molecule has 0 amide bonds. The summed E-state index contributed by atoms with van der Waals surface area (Å²) in [5.41, 5.74) is 8.89. The van der Waals surface area contributed by atoms with E-state index in [9.17, 15) is 0 Å². The molecule has 0 bridgehead atoms. The second-order valence-corrected chi connectivity index (χ2v) is 5.44. The summed E-state index contributed by atoms with van der Waals surface area (Å²) in [6, 6.07) is 9.09. The van der Waals surface area contributed by atoms with Gasteiger partial charge in [-0.2, -0.15) is 0 Å². The summed E-state index contributed by atoms with van der Waals surface area (Å²) >= 11 is 0. The summed E-state index contributed by atoms with van der Waals surface area (Å²) in [5.74, 6) is 0.721. The van der Waals surface area contributed by atoms with Crippen LogP contribution in [0.25, 0.3) is 0 Å². The normalized spacial score (nSPS) is 13.0. The maximum Gasteiger partial charge on any atom is 0.0294 e. The van der Waals surface area contributed by atoms with Crippen LogP contribution in [-0.4, -0.2) is 0 Å². The van der Waals surface area contributed by atoms with Gasteiger partial charge in [0.05, 0.1) is 0 Å². The second-order valence-electron chi connectivity index (χ2n) is 5.44. The van der Waals surface area contributed by atoms with Crippen LogP contribution in [0.15, 0.2) is 24.3 Å². The van der Waals surface area contributed by atoms with E-state index in [2.05, 4.69) is 45.0 Å². The molecule has 0 fully saturated rings. The summed E-state index contributed by atoms with van der Waals surface area (Å²) in [7, 11) is 0. The average Bonchev–Trinajstić information content (AvgIpc) is 2.29. The van der Waals surface area contributed by atoms with Gasteiger partial charge in [0.2, 0.25) is 0 Å². The van der Waals surface area contributed by atoms with E-state index >= 15 is 0 Å². The van der Waals surface area contributed by atoms with Crippen LogP contribution in [0.2, 0.25) is 0 Å². The van der Waals surface area contributed by atoms with Gasteiger partial charge in [-0.05, 0) is 29.9 Å². The van der Waals surface area contributed by atoms with Gasteiger partial charge in [-0.25, -0.2) is 0 Å². The lowest BCUT2D eigenvalue weighted by Crippen LogP contribution is -2.10. The molecule has 96 valence electrons. The second kappa shape index (κ2) is 7.50. The number of hydrogen-bond donors (Lipinski definition) is 1. The molecule has 1 heteroatoms. The lowest BCUT2D eigenvalue weighted by Gasteiger charge is -2.13. The minimum atomic E-state index is 0.217. The van der Waals surface area contributed by atoms with Gasteiger partial charge in [0.15, 0.2) is 0 Å². The molecule has 0 saturated carbocycles. The first kappa shape index (κ1) is 14.2. The predicted molar refractivity (Wildman–Crippen MR) is 76.1 cm³/mol. The molecular weight excluding hydrogens is 206 g/mol. The first-order valence-electron chi connectivity index (χ1n) is 6.98. The van der Waals surface area contributed by atoms with E-state index in [1.54, 1.807) is 0 Å². The third kappa shape index (κ3) is 5.36.